The van der Waals surface area contributed by atoms with Gasteiger partial charge in [-0.05, 0) is 31.4 Å². The van der Waals surface area contributed by atoms with Crippen molar-refractivity contribution in [3.05, 3.63) is 29.8 Å². The van der Waals surface area contributed by atoms with Gasteiger partial charge >= 0.3 is 6.03 Å². The number of halogens is 2. The molecule has 1 aliphatic rings. The fraction of sp³-hybridized carbons (Fsp3) is 0.533. The summed E-state index contributed by atoms with van der Waals surface area (Å²) in [5.74, 6) is -1.47. The summed E-state index contributed by atoms with van der Waals surface area (Å²) in [6, 6.07) is 2.95. The summed E-state index contributed by atoms with van der Waals surface area (Å²) in [5, 5.41) is 5.16. The van der Waals surface area contributed by atoms with Crippen LogP contribution in [0.25, 0.3) is 0 Å². The summed E-state index contributed by atoms with van der Waals surface area (Å²) in [7, 11) is -0.875. The lowest BCUT2D eigenvalue weighted by Crippen LogP contribution is -2.43. The first-order valence-electron chi connectivity index (χ1n) is 7.40. The quantitative estimate of drug-likeness (QED) is 0.891. The summed E-state index contributed by atoms with van der Waals surface area (Å²) >= 11 is 0. The Balaban J connectivity index is 1.91. The van der Waals surface area contributed by atoms with Crippen LogP contribution in [0.3, 0.4) is 0 Å². The van der Waals surface area contributed by atoms with Crippen molar-refractivity contribution in [2.24, 2.45) is 0 Å². The molecule has 0 bridgehead atoms. The van der Waals surface area contributed by atoms with Crippen LogP contribution in [0.5, 0.6) is 0 Å². The van der Waals surface area contributed by atoms with Crippen LogP contribution >= 0.6 is 0 Å². The third-order valence-corrected chi connectivity index (χ3v) is 5.56. The Labute approximate surface area is 131 Å². The average molecular weight is 330 g/mol. The molecule has 0 spiro atoms. The summed E-state index contributed by atoms with van der Waals surface area (Å²) in [4.78, 5) is 11.9. The van der Waals surface area contributed by atoms with Crippen molar-refractivity contribution in [1.29, 1.82) is 0 Å². The minimum absolute atomic E-state index is 0.0918. The molecule has 0 radical (unpaired) electrons. The number of amides is 2. The standard InChI is InChI=1S/C15H20F2N2O2S/c1-2-22(21)11-6-3-5-10(9-11)18-15(20)19-13-8-4-7-12(16)14(13)17/h4,7-8,10-11H,2-3,5-6,9H2,1H3,(H2,18,19,20)/t10-,11+,22+/m0/s1. The van der Waals surface area contributed by atoms with Crippen LogP contribution in [0, 0.1) is 11.6 Å². The number of hydrogen-bond donors (Lipinski definition) is 2. The molecule has 22 heavy (non-hydrogen) atoms. The summed E-state index contributed by atoms with van der Waals surface area (Å²) in [5.41, 5.74) is -0.193. The third-order valence-electron chi connectivity index (χ3n) is 3.82. The molecule has 0 aromatic heterocycles. The van der Waals surface area contributed by atoms with Crippen LogP contribution < -0.4 is 10.6 Å². The maximum absolute atomic E-state index is 13.5. The van der Waals surface area contributed by atoms with Crippen molar-refractivity contribution in [3.8, 4) is 0 Å². The maximum atomic E-state index is 13.5. The molecule has 1 aromatic rings. The van der Waals surface area contributed by atoms with Gasteiger partial charge in [0, 0.05) is 27.8 Å². The predicted molar refractivity (Wildman–Crippen MR) is 83.2 cm³/mol. The number of hydrogen-bond acceptors (Lipinski definition) is 2. The van der Waals surface area contributed by atoms with Crippen LogP contribution in [0.1, 0.15) is 32.6 Å². The van der Waals surface area contributed by atoms with E-state index in [2.05, 4.69) is 10.6 Å². The number of rotatable bonds is 4. The van der Waals surface area contributed by atoms with Gasteiger partial charge in [0.25, 0.3) is 0 Å². The highest BCUT2D eigenvalue weighted by atomic mass is 32.2. The Kier molecular flexibility index (Phi) is 5.88. The third kappa shape index (κ3) is 4.25. The van der Waals surface area contributed by atoms with Crippen LogP contribution in [0.15, 0.2) is 18.2 Å². The molecule has 0 aliphatic heterocycles. The van der Waals surface area contributed by atoms with E-state index in [0.717, 1.165) is 25.3 Å². The zero-order valence-corrected chi connectivity index (χ0v) is 13.2. The maximum Gasteiger partial charge on any atom is 0.319 e. The highest BCUT2D eigenvalue weighted by Crippen LogP contribution is 2.23. The average Bonchev–Trinajstić information content (AvgIpc) is 2.51. The number of nitrogens with one attached hydrogen (secondary N) is 2. The van der Waals surface area contributed by atoms with Crippen molar-refractivity contribution in [1.82, 2.24) is 5.32 Å². The van der Waals surface area contributed by atoms with Gasteiger partial charge in [0.2, 0.25) is 0 Å². The number of carbonyl (C=O) groups excluding carboxylic acids is 1. The van der Waals surface area contributed by atoms with Gasteiger partial charge < -0.3 is 10.6 Å². The molecule has 2 amide bonds. The summed E-state index contributed by atoms with van der Waals surface area (Å²) < 4.78 is 38.4. The zero-order valence-electron chi connectivity index (χ0n) is 12.4. The normalized spacial score (nSPS) is 22.9. The van der Waals surface area contributed by atoms with E-state index >= 15 is 0 Å². The highest BCUT2D eigenvalue weighted by Gasteiger charge is 2.26. The first kappa shape index (κ1) is 16.9. The van der Waals surface area contributed by atoms with Crippen LogP contribution in [-0.4, -0.2) is 27.3 Å². The molecule has 0 saturated heterocycles. The van der Waals surface area contributed by atoms with E-state index in [0.29, 0.717) is 12.2 Å². The van der Waals surface area contributed by atoms with Crippen molar-refractivity contribution >= 4 is 22.5 Å². The lowest BCUT2D eigenvalue weighted by Gasteiger charge is -2.29. The van der Waals surface area contributed by atoms with Gasteiger partial charge in [0.15, 0.2) is 11.6 Å². The van der Waals surface area contributed by atoms with E-state index in [-0.39, 0.29) is 17.0 Å². The van der Waals surface area contributed by atoms with Gasteiger partial charge in [-0.15, -0.1) is 0 Å². The van der Waals surface area contributed by atoms with E-state index < -0.39 is 28.5 Å². The van der Waals surface area contributed by atoms with Gasteiger partial charge in [-0.3, -0.25) is 4.21 Å². The van der Waals surface area contributed by atoms with Crippen molar-refractivity contribution < 1.29 is 17.8 Å². The van der Waals surface area contributed by atoms with Gasteiger partial charge in [-0.2, -0.15) is 0 Å². The molecule has 2 rings (SSSR count). The van der Waals surface area contributed by atoms with Gasteiger partial charge in [-0.25, -0.2) is 13.6 Å². The first-order valence-corrected chi connectivity index (χ1v) is 8.78. The molecule has 1 fully saturated rings. The zero-order chi connectivity index (χ0) is 16.1. The Hall–Kier alpha value is -1.50. The Morgan fingerprint density at radius 2 is 2.14 bits per heavy atom. The van der Waals surface area contributed by atoms with Gasteiger partial charge in [0.1, 0.15) is 0 Å². The first-order chi connectivity index (χ1) is 10.5. The molecular weight excluding hydrogens is 310 g/mol. The lowest BCUT2D eigenvalue weighted by atomic mass is 9.95. The van der Waals surface area contributed by atoms with E-state index in [1.807, 2.05) is 6.92 Å². The number of urea groups is 1. The summed E-state index contributed by atoms with van der Waals surface area (Å²) in [6.45, 7) is 1.88. The Morgan fingerprint density at radius 3 is 2.86 bits per heavy atom. The number of benzene rings is 1. The largest absolute Gasteiger partial charge is 0.335 e. The monoisotopic (exact) mass is 330 g/mol. The van der Waals surface area contributed by atoms with Crippen LogP contribution in [0.2, 0.25) is 0 Å². The predicted octanol–water partition coefficient (Wildman–Crippen LogP) is 3.17. The topological polar surface area (TPSA) is 58.2 Å². The van der Waals surface area contributed by atoms with E-state index in [1.54, 1.807) is 0 Å². The second kappa shape index (κ2) is 7.67. The van der Waals surface area contributed by atoms with Crippen molar-refractivity contribution in [2.45, 2.75) is 43.9 Å². The fourth-order valence-electron chi connectivity index (χ4n) is 2.69. The molecular formula is C15H20F2N2O2S. The number of carbonyl (C=O) groups is 1. The molecule has 2 N–H and O–H groups in total. The number of anilines is 1. The molecule has 7 heteroatoms. The molecule has 1 aromatic carbocycles. The SMILES string of the molecule is CC[S@@](=O)[C@@H]1CCC[C@H](NC(=O)Nc2cccc(F)c2F)C1. The van der Waals surface area contributed by atoms with E-state index in [1.165, 1.54) is 12.1 Å². The molecule has 122 valence electrons. The summed E-state index contributed by atoms with van der Waals surface area (Å²) in [6.07, 6.45) is 3.25. The van der Waals surface area contributed by atoms with Crippen molar-refractivity contribution in [2.75, 3.05) is 11.1 Å². The molecule has 1 aliphatic carbocycles. The smallest absolute Gasteiger partial charge is 0.319 e. The molecule has 4 nitrogen and oxygen atoms in total. The molecule has 3 atom stereocenters. The van der Waals surface area contributed by atoms with E-state index in [9.17, 15) is 17.8 Å². The minimum atomic E-state index is -1.08. The van der Waals surface area contributed by atoms with Gasteiger partial charge in [-0.1, -0.05) is 19.4 Å². The fourth-order valence-corrected chi connectivity index (χ4v) is 4.04. The molecule has 0 heterocycles. The molecule has 0 unspecified atom stereocenters. The minimum Gasteiger partial charge on any atom is -0.335 e. The second-order valence-electron chi connectivity index (χ2n) is 5.35. The molecule has 1 saturated carbocycles. The lowest BCUT2D eigenvalue weighted by molar-refractivity contribution is 0.244. The van der Waals surface area contributed by atoms with Crippen LogP contribution in [0.4, 0.5) is 19.3 Å². The van der Waals surface area contributed by atoms with Crippen LogP contribution in [-0.2, 0) is 10.8 Å². The van der Waals surface area contributed by atoms with Crippen molar-refractivity contribution in [3.63, 3.8) is 0 Å². The second-order valence-corrected chi connectivity index (χ2v) is 7.36. The Morgan fingerprint density at radius 1 is 1.36 bits per heavy atom. The van der Waals surface area contributed by atoms with Gasteiger partial charge in [0.05, 0.1) is 5.69 Å². The highest BCUT2D eigenvalue weighted by molar-refractivity contribution is 7.85. The van der Waals surface area contributed by atoms with E-state index in [4.69, 9.17) is 0 Å². The Bertz CT molecular complexity index is 568.